The minimum absolute atomic E-state index is 0.185. The van der Waals surface area contributed by atoms with E-state index in [4.69, 9.17) is 0 Å². The molecule has 1 nitrogen and oxygen atoms in total. The second kappa shape index (κ2) is 3.89. The van der Waals surface area contributed by atoms with Gasteiger partial charge in [-0.15, -0.1) is 0 Å². The molecule has 0 saturated heterocycles. The van der Waals surface area contributed by atoms with E-state index in [1.54, 1.807) is 10.8 Å². The number of nitrogens with zero attached hydrogens (tertiary/aromatic N) is 1. The summed E-state index contributed by atoms with van der Waals surface area (Å²) in [6, 6.07) is 5.35. The lowest BCUT2D eigenvalue weighted by Crippen LogP contribution is -1.90. The van der Waals surface area contributed by atoms with E-state index in [0.717, 1.165) is 18.2 Å². The van der Waals surface area contributed by atoms with E-state index in [1.807, 2.05) is 18.3 Å². The van der Waals surface area contributed by atoms with E-state index in [2.05, 4.69) is 13.5 Å². The van der Waals surface area contributed by atoms with Crippen LogP contribution < -0.4 is 0 Å². The third-order valence-corrected chi connectivity index (χ3v) is 2.63. The number of rotatable bonds is 3. The van der Waals surface area contributed by atoms with Crippen molar-refractivity contribution in [3.05, 3.63) is 42.4 Å². The number of hydrogen-bond donors (Lipinski definition) is 0. The van der Waals surface area contributed by atoms with Crippen LogP contribution in [0, 0.1) is 5.82 Å². The summed E-state index contributed by atoms with van der Waals surface area (Å²) in [4.78, 5) is 0. The molecule has 0 amide bonds. The zero-order chi connectivity index (χ0) is 10.8. The SMILES string of the molecule is C=Cn1ccc2c(CCC)ccc(F)c21. The molecule has 1 heterocycles. The first-order chi connectivity index (χ1) is 7.27. The number of aromatic nitrogens is 1. The Balaban J connectivity index is 2.72. The first-order valence-electron chi connectivity index (χ1n) is 5.18. The lowest BCUT2D eigenvalue weighted by molar-refractivity contribution is 0.635. The largest absolute Gasteiger partial charge is 0.321 e. The molecular formula is C13H14FN. The van der Waals surface area contributed by atoms with Gasteiger partial charge < -0.3 is 4.57 Å². The second-order valence-electron chi connectivity index (χ2n) is 3.62. The number of aryl methyl sites for hydroxylation is 1. The van der Waals surface area contributed by atoms with E-state index >= 15 is 0 Å². The van der Waals surface area contributed by atoms with Gasteiger partial charge >= 0.3 is 0 Å². The van der Waals surface area contributed by atoms with Crippen molar-refractivity contribution in [3.63, 3.8) is 0 Å². The summed E-state index contributed by atoms with van der Waals surface area (Å²) in [6.07, 6.45) is 5.53. The third-order valence-electron chi connectivity index (χ3n) is 2.63. The molecule has 0 atom stereocenters. The predicted octanol–water partition coefficient (Wildman–Crippen LogP) is 3.83. The molecule has 0 spiro atoms. The minimum atomic E-state index is -0.185. The molecule has 1 aromatic heterocycles. The summed E-state index contributed by atoms with van der Waals surface area (Å²) in [7, 11) is 0. The highest BCUT2D eigenvalue weighted by Gasteiger charge is 2.08. The van der Waals surface area contributed by atoms with E-state index in [1.165, 1.54) is 11.6 Å². The molecule has 0 N–H and O–H groups in total. The van der Waals surface area contributed by atoms with Crippen LogP contribution in [-0.4, -0.2) is 4.57 Å². The molecule has 0 saturated carbocycles. The Kier molecular flexibility index (Phi) is 2.58. The predicted molar refractivity (Wildman–Crippen MR) is 62.3 cm³/mol. The molecule has 2 heteroatoms. The molecule has 2 rings (SSSR count). The Hall–Kier alpha value is -1.57. The van der Waals surface area contributed by atoms with Gasteiger partial charge in [-0.3, -0.25) is 0 Å². The van der Waals surface area contributed by atoms with Gasteiger partial charge in [0.2, 0.25) is 0 Å². The van der Waals surface area contributed by atoms with Gasteiger partial charge in [0.1, 0.15) is 5.82 Å². The molecule has 0 unspecified atom stereocenters. The molecular weight excluding hydrogens is 189 g/mol. The van der Waals surface area contributed by atoms with E-state index in [9.17, 15) is 4.39 Å². The molecule has 0 radical (unpaired) electrons. The zero-order valence-corrected chi connectivity index (χ0v) is 8.83. The Morgan fingerprint density at radius 2 is 2.20 bits per heavy atom. The van der Waals surface area contributed by atoms with Crippen molar-refractivity contribution in [1.29, 1.82) is 0 Å². The van der Waals surface area contributed by atoms with Crippen molar-refractivity contribution in [1.82, 2.24) is 4.57 Å². The van der Waals surface area contributed by atoms with E-state index < -0.39 is 0 Å². The highest BCUT2D eigenvalue weighted by Crippen LogP contribution is 2.24. The second-order valence-corrected chi connectivity index (χ2v) is 3.62. The average Bonchev–Trinajstić information content (AvgIpc) is 2.67. The summed E-state index contributed by atoms with van der Waals surface area (Å²) < 4.78 is 15.3. The maximum absolute atomic E-state index is 13.6. The summed E-state index contributed by atoms with van der Waals surface area (Å²) in [5.74, 6) is -0.185. The summed E-state index contributed by atoms with van der Waals surface area (Å²) >= 11 is 0. The van der Waals surface area contributed by atoms with Crippen LogP contribution in [0.5, 0.6) is 0 Å². The number of fused-ring (bicyclic) bond motifs is 1. The molecule has 0 aliphatic heterocycles. The van der Waals surface area contributed by atoms with Crippen molar-refractivity contribution in [3.8, 4) is 0 Å². The molecule has 0 aliphatic rings. The zero-order valence-electron chi connectivity index (χ0n) is 8.83. The van der Waals surface area contributed by atoms with Crippen molar-refractivity contribution < 1.29 is 4.39 Å². The molecule has 1 aromatic carbocycles. The highest BCUT2D eigenvalue weighted by atomic mass is 19.1. The summed E-state index contributed by atoms with van der Waals surface area (Å²) in [6.45, 7) is 5.79. The van der Waals surface area contributed by atoms with Crippen molar-refractivity contribution in [2.45, 2.75) is 19.8 Å². The minimum Gasteiger partial charge on any atom is -0.321 e. The summed E-state index contributed by atoms with van der Waals surface area (Å²) in [5, 5.41) is 0.997. The van der Waals surface area contributed by atoms with Gasteiger partial charge in [-0.1, -0.05) is 26.0 Å². The number of halogens is 1. The number of benzene rings is 1. The Labute approximate surface area is 88.8 Å². The van der Waals surface area contributed by atoms with Gasteiger partial charge in [0.25, 0.3) is 0 Å². The van der Waals surface area contributed by atoms with Gasteiger partial charge in [0.05, 0.1) is 5.52 Å². The smallest absolute Gasteiger partial charge is 0.147 e. The fraction of sp³-hybridized carbons (Fsp3) is 0.231. The van der Waals surface area contributed by atoms with Crippen LogP contribution in [0.3, 0.4) is 0 Å². The van der Waals surface area contributed by atoms with Crippen LogP contribution in [0.2, 0.25) is 0 Å². The molecule has 2 aromatic rings. The quantitative estimate of drug-likeness (QED) is 0.714. The Bertz CT molecular complexity index is 496. The topological polar surface area (TPSA) is 4.93 Å². The first kappa shape index (κ1) is 9.97. The molecule has 78 valence electrons. The number of hydrogen-bond acceptors (Lipinski definition) is 0. The third kappa shape index (κ3) is 1.56. The van der Waals surface area contributed by atoms with Crippen LogP contribution in [0.25, 0.3) is 17.1 Å². The molecule has 0 aliphatic carbocycles. The monoisotopic (exact) mass is 203 g/mol. The van der Waals surface area contributed by atoms with Crippen LogP contribution in [0.4, 0.5) is 4.39 Å². The van der Waals surface area contributed by atoms with E-state index in [0.29, 0.717) is 5.52 Å². The van der Waals surface area contributed by atoms with E-state index in [-0.39, 0.29) is 5.82 Å². The first-order valence-corrected chi connectivity index (χ1v) is 5.18. The highest BCUT2D eigenvalue weighted by molar-refractivity contribution is 5.85. The van der Waals surface area contributed by atoms with Crippen molar-refractivity contribution >= 4 is 17.1 Å². The maximum Gasteiger partial charge on any atom is 0.147 e. The van der Waals surface area contributed by atoms with Gasteiger partial charge in [0.15, 0.2) is 0 Å². The normalized spacial score (nSPS) is 10.8. The van der Waals surface area contributed by atoms with Gasteiger partial charge in [-0.2, -0.15) is 0 Å². The fourth-order valence-electron chi connectivity index (χ4n) is 1.94. The van der Waals surface area contributed by atoms with Gasteiger partial charge in [-0.05, 0) is 24.1 Å². The molecule has 15 heavy (non-hydrogen) atoms. The standard InChI is InChI=1S/C13H14FN/c1-3-5-10-6-7-12(14)13-11(10)8-9-15(13)4-2/h4,6-9H,2-3,5H2,1H3. The Morgan fingerprint density at radius 1 is 1.40 bits per heavy atom. The molecule has 0 fully saturated rings. The van der Waals surface area contributed by atoms with Crippen molar-refractivity contribution in [2.24, 2.45) is 0 Å². The van der Waals surface area contributed by atoms with Crippen LogP contribution in [0.15, 0.2) is 31.0 Å². The summed E-state index contributed by atoms with van der Waals surface area (Å²) in [5.41, 5.74) is 1.84. The fourth-order valence-corrected chi connectivity index (χ4v) is 1.94. The van der Waals surface area contributed by atoms with Crippen LogP contribution >= 0.6 is 0 Å². The molecule has 0 bridgehead atoms. The van der Waals surface area contributed by atoms with Gasteiger partial charge in [-0.25, -0.2) is 4.39 Å². The maximum atomic E-state index is 13.6. The average molecular weight is 203 g/mol. The Morgan fingerprint density at radius 3 is 2.87 bits per heavy atom. The van der Waals surface area contributed by atoms with Crippen LogP contribution in [-0.2, 0) is 6.42 Å². The lowest BCUT2D eigenvalue weighted by atomic mass is 10.1. The van der Waals surface area contributed by atoms with Crippen LogP contribution in [0.1, 0.15) is 18.9 Å². The van der Waals surface area contributed by atoms with Gasteiger partial charge in [0, 0.05) is 17.8 Å². The van der Waals surface area contributed by atoms with Crippen molar-refractivity contribution in [2.75, 3.05) is 0 Å². The lowest BCUT2D eigenvalue weighted by Gasteiger charge is -2.04.